The molecule has 0 bridgehead atoms. The number of benzene rings is 2. The van der Waals surface area contributed by atoms with Crippen molar-refractivity contribution in [3.8, 4) is 0 Å². The number of carbonyl (C=O) groups is 1. The summed E-state index contributed by atoms with van der Waals surface area (Å²) in [6, 6.07) is 13.1. The van der Waals surface area contributed by atoms with Gasteiger partial charge in [0.2, 0.25) is 5.91 Å². The van der Waals surface area contributed by atoms with E-state index in [2.05, 4.69) is 10.6 Å². The van der Waals surface area contributed by atoms with E-state index in [1.165, 1.54) is 0 Å². The number of carbonyl (C=O) groups excluding carboxylic acids is 1. The van der Waals surface area contributed by atoms with Crippen molar-refractivity contribution in [2.75, 3.05) is 11.9 Å². The molecule has 0 spiro atoms. The van der Waals surface area contributed by atoms with Gasteiger partial charge in [0.05, 0.1) is 6.04 Å². The van der Waals surface area contributed by atoms with Crippen molar-refractivity contribution >= 4 is 28.3 Å². The number of guanidine groups is 1. The zero-order valence-corrected chi connectivity index (χ0v) is 12.3. The predicted molar refractivity (Wildman–Crippen MR) is 89.7 cm³/mol. The number of hydrogen-bond acceptors (Lipinski definition) is 3. The molecule has 22 heavy (non-hydrogen) atoms. The Hall–Kier alpha value is -2.60. The molecule has 0 fully saturated rings. The normalized spacial score (nSPS) is 11.9. The van der Waals surface area contributed by atoms with E-state index in [4.69, 9.17) is 16.9 Å². The van der Waals surface area contributed by atoms with Gasteiger partial charge in [-0.15, -0.1) is 0 Å². The summed E-state index contributed by atoms with van der Waals surface area (Å²) in [5.41, 5.74) is 11.8. The molecule has 6 nitrogen and oxygen atoms in total. The fraction of sp³-hybridized carbons (Fsp3) is 0.250. The van der Waals surface area contributed by atoms with Gasteiger partial charge in [-0.05, 0) is 35.7 Å². The third-order valence-corrected chi connectivity index (χ3v) is 3.36. The van der Waals surface area contributed by atoms with Gasteiger partial charge in [0, 0.05) is 12.2 Å². The maximum atomic E-state index is 12.1. The Bertz CT molecular complexity index is 670. The average molecular weight is 299 g/mol. The second kappa shape index (κ2) is 7.42. The summed E-state index contributed by atoms with van der Waals surface area (Å²) in [6.45, 7) is 0.534. The number of rotatable bonds is 6. The van der Waals surface area contributed by atoms with Gasteiger partial charge in [0.25, 0.3) is 0 Å². The Morgan fingerprint density at radius 1 is 1.18 bits per heavy atom. The minimum absolute atomic E-state index is 0.0748. The van der Waals surface area contributed by atoms with Gasteiger partial charge in [-0.3, -0.25) is 10.2 Å². The molecule has 0 aliphatic heterocycles. The van der Waals surface area contributed by atoms with Crippen LogP contribution < -0.4 is 22.1 Å². The topological polar surface area (TPSA) is 117 Å². The van der Waals surface area contributed by atoms with E-state index < -0.39 is 6.04 Å². The first kappa shape index (κ1) is 15.8. The Labute approximate surface area is 129 Å². The number of nitrogens with one attached hydrogen (secondary N) is 3. The minimum atomic E-state index is -0.583. The lowest BCUT2D eigenvalue weighted by molar-refractivity contribution is -0.117. The summed E-state index contributed by atoms with van der Waals surface area (Å²) in [4.78, 5) is 12.1. The van der Waals surface area contributed by atoms with Gasteiger partial charge in [0.1, 0.15) is 0 Å². The van der Waals surface area contributed by atoms with Crippen LogP contribution in [0.3, 0.4) is 0 Å². The van der Waals surface area contributed by atoms with Crippen molar-refractivity contribution < 1.29 is 4.79 Å². The predicted octanol–water partition coefficient (Wildman–Crippen LogP) is 1.37. The lowest BCUT2D eigenvalue weighted by Gasteiger charge is -2.13. The third-order valence-electron chi connectivity index (χ3n) is 3.36. The molecule has 1 atom stereocenters. The molecule has 0 heterocycles. The van der Waals surface area contributed by atoms with Gasteiger partial charge >= 0.3 is 0 Å². The molecule has 0 unspecified atom stereocenters. The number of fused-ring (bicyclic) bond motifs is 1. The highest BCUT2D eigenvalue weighted by atomic mass is 16.2. The molecule has 7 N–H and O–H groups in total. The molecular formula is C16H21N5O. The molecule has 1 amide bonds. The Morgan fingerprint density at radius 3 is 2.64 bits per heavy atom. The zero-order chi connectivity index (χ0) is 15.9. The highest BCUT2D eigenvalue weighted by Gasteiger charge is 2.13. The largest absolute Gasteiger partial charge is 0.370 e. The number of amides is 1. The van der Waals surface area contributed by atoms with Crippen molar-refractivity contribution in [1.82, 2.24) is 5.32 Å². The monoisotopic (exact) mass is 299 g/mol. The molecule has 0 saturated heterocycles. The van der Waals surface area contributed by atoms with Gasteiger partial charge in [-0.25, -0.2) is 0 Å². The minimum Gasteiger partial charge on any atom is -0.370 e. The molecule has 0 radical (unpaired) electrons. The van der Waals surface area contributed by atoms with Crippen LogP contribution in [0.4, 0.5) is 5.69 Å². The first-order valence-electron chi connectivity index (χ1n) is 7.19. The summed E-state index contributed by atoms with van der Waals surface area (Å²) in [6.07, 6.45) is 1.20. The first-order valence-corrected chi connectivity index (χ1v) is 7.19. The summed E-state index contributed by atoms with van der Waals surface area (Å²) >= 11 is 0. The molecule has 0 saturated carbocycles. The van der Waals surface area contributed by atoms with E-state index in [-0.39, 0.29) is 11.9 Å². The summed E-state index contributed by atoms with van der Waals surface area (Å²) in [5.74, 6) is -0.285. The van der Waals surface area contributed by atoms with Crippen LogP contribution in [0.5, 0.6) is 0 Å². The van der Waals surface area contributed by atoms with Gasteiger partial charge in [-0.2, -0.15) is 0 Å². The maximum absolute atomic E-state index is 12.1. The molecule has 116 valence electrons. The van der Waals surface area contributed by atoms with Crippen molar-refractivity contribution in [3.63, 3.8) is 0 Å². The number of anilines is 1. The van der Waals surface area contributed by atoms with Crippen LogP contribution in [-0.4, -0.2) is 24.5 Å². The smallest absolute Gasteiger partial charge is 0.241 e. The van der Waals surface area contributed by atoms with Crippen LogP contribution in [0, 0.1) is 5.41 Å². The van der Waals surface area contributed by atoms with Crippen LogP contribution in [0.1, 0.15) is 12.8 Å². The fourth-order valence-electron chi connectivity index (χ4n) is 2.18. The quantitative estimate of drug-likeness (QED) is 0.314. The van der Waals surface area contributed by atoms with Crippen molar-refractivity contribution in [1.29, 1.82) is 5.41 Å². The highest BCUT2D eigenvalue weighted by molar-refractivity contribution is 5.97. The van der Waals surface area contributed by atoms with E-state index in [1.807, 2.05) is 42.5 Å². The summed E-state index contributed by atoms with van der Waals surface area (Å²) in [5, 5.41) is 14.7. The Kier molecular flexibility index (Phi) is 5.32. The van der Waals surface area contributed by atoms with Crippen LogP contribution >= 0.6 is 0 Å². The van der Waals surface area contributed by atoms with E-state index in [1.54, 1.807) is 0 Å². The molecular weight excluding hydrogens is 278 g/mol. The van der Waals surface area contributed by atoms with Gasteiger partial charge in [0.15, 0.2) is 5.96 Å². The Morgan fingerprint density at radius 2 is 1.91 bits per heavy atom. The highest BCUT2D eigenvalue weighted by Crippen LogP contribution is 2.19. The van der Waals surface area contributed by atoms with Crippen LogP contribution in [-0.2, 0) is 4.79 Å². The number of nitrogens with two attached hydrogens (primary N) is 2. The second-order valence-electron chi connectivity index (χ2n) is 5.14. The van der Waals surface area contributed by atoms with Crippen LogP contribution in [0.25, 0.3) is 10.8 Å². The van der Waals surface area contributed by atoms with E-state index in [0.717, 1.165) is 16.5 Å². The second-order valence-corrected chi connectivity index (χ2v) is 5.14. The summed E-state index contributed by atoms with van der Waals surface area (Å²) in [7, 11) is 0. The molecule has 2 rings (SSSR count). The SMILES string of the molecule is N=C(N)NCCC[C@H](N)C(=O)Nc1ccc2ccccc2c1. The lowest BCUT2D eigenvalue weighted by Crippen LogP contribution is -2.37. The van der Waals surface area contributed by atoms with Crippen LogP contribution in [0.15, 0.2) is 42.5 Å². The molecule has 0 aliphatic rings. The zero-order valence-electron chi connectivity index (χ0n) is 12.3. The third kappa shape index (κ3) is 4.46. The van der Waals surface area contributed by atoms with Crippen LogP contribution in [0.2, 0.25) is 0 Å². The van der Waals surface area contributed by atoms with E-state index in [9.17, 15) is 4.79 Å². The van der Waals surface area contributed by atoms with Crippen molar-refractivity contribution in [2.24, 2.45) is 11.5 Å². The molecule has 6 heteroatoms. The first-order chi connectivity index (χ1) is 10.6. The maximum Gasteiger partial charge on any atom is 0.241 e. The Balaban J connectivity index is 1.88. The van der Waals surface area contributed by atoms with Crippen molar-refractivity contribution in [2.45, 2.75) is 18.9 Å². The standard InChI is InChI=1S/C16H21N5O/c17-14(6-3-9-20-16(18)19)15(22)21-13-8-7-11-4-1-2-5-12(11)10-13/h1-2,4-5,7-8,10,14H,3,6,9,17H2,(H,21,22)(H4,18,19,20)/t14-/m0/s1. The number of hydrogen-bond donors (Lipinski definition) is 5. The lowest BCUT2D eigenvalue weighted by atomic mass is 10.1. The van der Waals surface area contributed by atoms with E-state index >= 15 is 0 Å². The molecule has 0 aliphatic carbocycles. The average Bonchev–Trinajstić information content (AvgIpc) is 2.51. The van der Waals surface area contributed by atoms with Gasteiger partial charge < -0.3 is 22.1 Å². The van der Waals surface area contributed by atoms with Crippen molar-refractivity contribution in [3.05, 3.63) is 42.5 Å². The van der Waals surface area contributed by atoms with Gasteiger partial charge in [-0.1, -0.05) is 30.3 Å². The fourth-order valence-corrected chi connectivity index (χ4v) is 2.18. The molecule has 0 aromatic heterocycles. The molecule has 2 aromatic rings. The van der Waals surface area contributed by atoms with E-state index in [0.29, 0.717) is 19.4 Å². The summed E-state index contributed by atoms with van der Waals surface area (Å²) < 4.78 is 0. The molecule has 2 aromatic carbocycles.